The number of aliphatic hydroxyl groups excluding tert-OH is 1. The molecule has 2 atom stereocenters. The van der Waals surface area contributed by atoms with E-state index in [2.05, 4.69) is 0 Å². The van der Waals surface area contributed by atoms with Crippen molar-refractivity contribution in [2.24, 2.45) is 5.73 Å². The normalized spacial score (nSPS) is 16.1. The summed E-state index contributed by atoms with van der Waals surface area (Å²) in [5.41, 5.74) is 5.06. The highest BCUT2D eigenvalue weighted by Gasteiger charge is 2.30. The molecule has 1 aromatic rings. The van der Waals surface area contributed by atoms with Crippen LogP contribution in [-0.2, 0) is 6.18 Å². The largest absolute Gasteiger partial charge is 0.416 e. The third-order valence-electron chi connectivity index (χ3n) is 2.12. The lowest BCUT2D eigenvalue weighted by molar-refractivity contribution is -0.137. The van der Waals surface area contributed by atoms with Gasteiger partial charge >= 0.3 is 6.18 Å². The summed E-state index contributed by atoms with van der Waals surface area (Å²) in [5.74, 6) is 0. The van der Waals surface area contributed by atoms with Crippen molar-refractivity contribution in [2.45, 2.75) is 25.2 Å². The smallest absolute Gasteiger partial charge is 0.391 e. The summed E-state index contributed by atoms with van der Waals surface area (Å²) < 4.78 is 37.0. The molecule has 0 amide bonds. The minimum atomic E-state index is -4.38. The van der Waals surface area contributed by atoms with Crippen molar-refractivity contribution < 1.29 is 18.3 Å². The van der Waals surface area contributed by atoms with Crippen molar-refractivity contribution >= 4 is 0 Å². The molecule has 0 saturated heterocycles. The van der Waals surface area contributed by atoms with Crippen molar-refractivity contribution in [3.8, 4) is 0 Å². The Balaban J connectivity index is 3.03. The molecule has 1 rings (SSSR count). The Bertz CT molecular complexity index is 336. The van der Waals surface area contributed by atoms with E-state index in [0.717, 1.165) is 12.1 Å². The van der Waals surface area contributed by atoms with E-state index in [1.807, 2.05) is 0 Å². The van der Waals surface area contributed by atoms with E-state index in [4.69, 9.17) is 10.8 Å². The molecular formula is C10H12F3NO. The molecule has 5 heteroatoms. The van der Waals surface area contributed by atoms with Crippen molar-refractivity contribution in [2.75, 3.05) is 0 Å². The summed E-state index contributed by atoms with van der Waals surface area (Å²) in [6.07, 6.45) is -5.26. The minimum absolute atomic E-state index is 0.278. The third kappa shape index (κ3) is 2.94. The van der Waals surface area contributed by atoms with Crippen LogP contribution in [0.15, 0.2) is 24.3 Å². The monoisotopic (exact) mass is 219 g/mol. The average Bonchev–Trinajstić information content (AvgIpc) is 2.15. The Morgan fingerprint density at radius 1 is 1.33 bits per heavy atom. The lowest BCUT2D eigenvalue weighted by Gasteiger charge is -2.16. The number of hydrogen-bond donors (Lipinski definition) is 2. The molecule has 0 radical (unpaired) electrons. The second-order valence-corrected chi connectivity index (χ2v) is 3.39. The number of alkyl halides is 3. The maximum atomic E-state index is 12.3. The molecule has 15 heavy (non-hydrogen) atoms. The van der Waals surface area contributed by atoms with Crippen molar-refractivity contribution in [3.63, 3.8) is 0 Å². The van der Waals surface area contributed by atoms with Crippen LogP contribution in [0.2, 0.25) is 0 Å². The van der Waals surface area contributed by atoms with E-state index < -0.39 is 23.9 Å². The molecule has 0 saturated carbocycles. The summed E-state index contributed by atoms with van der Waals surface area (Å²) >= 11 is 0. The fraction of sp³-hybridized carbons (Fsp3) is 0.400. The van der Waals surface area contributed by atoms with Crippen molar-refractivity contribution in [3.05, 3.63) is 35.4 Å². The van der Waals surface area contributed by atoms with Gasteiger partial charge in [0.25, 0.3) is 0 Å². The van der Waals surface area contributed by atoms with Crippen LogP contribution in [0, 0.1) is 0 Å². The molecule has 0 aliphatic rings. The van der Waals surface area contributed by atoms with Gasteiger partial charge in [-0.15, -0.1) is 0 Å². The SMILES string of the molecule is C[C@@H](O)[C@H](N)c1cccc(C(F)(F)F)c1. The van der Waals surface area contributed by atoms with E-state index in [1.54, 1.807) is 0 Å². The Morgan fingerprint density at radius 3 is 2.40 bits per heavy atom. The van der Waals surface area contributed by atoms with Gasteiger partial charge in [0.1, 0.15) is 0 Å². The maximum Gasteiger partial charge on any atom is 0.416 e. The number of benzene rings is 1. The van der Waals surface area contributed by atoms with Crippen LogP contribution in [0.1, 0.15) is 24.1 Å². The number of nitrogens with two attached hydrogens (primary N) is 1. The summed E-state index contributed by atoms with van der Waals surface area (Å²) in [7, 11) is 0. The standard InChI is InChI=1S/C10H12F3NO/c1-6(15)9(14)7-3-2-4-8(5-7)10(11,12)13/h2-6,9,15H,14H2,1H3/t6-,9+/m1/s1. The van der Waals surface area contributed by atoms with E-state index in [-0.39, 0.29) is 5.56 Å². The van der Waals surface area contributed by atoms with Crippen LogP contribution in [-0.4, -0.2) is 11.2 Å². The molecule has 0 aliphatic heterocycles. The topological polar surface area (TPSA) is 46.2 Å². The third-order valence-corrected chi connectivity index (χ3v) is 2.12. The molecule has 0 unspecified atom stereocenters. The van der Waals surface area contributed by atoms with E-state index in [9.17, 15) is 13.2 Å². The summed E-state index contributed by atoms with van der Waals surface area (Å²) in [6.45, 7) is 1.44. The predicted octanol–water partition coefficient (Wildman–Crippen LogP) is 2.09. The van der Waals surface area contributed by atoms with Gasteiger partial charge < -0.3 is 10.8 Å². The number of aliphatic hydroxyl groups is 1. The molecule has 0 aromatic heterocycles. The van der Waals surface area contributed by atoms with Crippen LogP contribution in [0.25, 0.3) is 0 Å². The van der Waals surface area contributed by atoms with Crippen molar-refractivity contribution in [1.29, 1.82) is 0 Å². The lowest BCUT2D eigenvalue weighted by Crippen LogP contribution is -2.23. The summed E-state index contributed by atoms with van der Waals surface area (Å²) in [5, 5.41) is 9.16. The first kappa shape index (κ1) is 12.0. The fourth-order valence-electron chi connectivity index (χ4n) is 1.20. The van der Waals surface area contributed by atoms with Gasteiger partial charge in [0.15, 0.2) is 0 Å². The zero-order valence-corrected chi connectivity index (χ0v) is 8.12. The van der Waals surface area contributed by atoms with Gasteiger partial charge in [0, 0.05) is 0 Å². The van der Waals surface area contributed by atoms with E-state index in [1.165, 1.54) is 19.1 Å². The second kappa shape index (κ2) is 4.20. The highest BCUT2D eigenvalue weighted by Crippen LogP contribution is 2.30. The molecule has 2 nitrogen and oxygen atoms in total. The quantitative estimate of drug-likeness (QED) is 0.800. The Labute approximate surface area is 85.5 Å². The number of rotatable bonds is 2. The lowest BCUT2D eigenvalue weighted by atomic mass is 10.0. The molecule has 0 bridgehead atoms. The minimum Gasteiger partial charge on any atom is -0.391 e. The van der Waals surface area contributed by atoms with Gasteiger partial charge in [-0.3, -0.25) is 0 Å². The molecule has 0 heterocycles. The first-order chi connectivity index (χ1) is 6.82. The van der Waals surface area contributed by atoms with Crippen LogP contribution >= 0.6 is 0 Å². The number of halogens is 3. The molecule has 3 N–H and O–H groups in total. The van der Waals surface area contributed by atoms with Gasteiger partial charge in [-0.1, -0.05) is 12.1 Å². The Hall–Kier alpha value is -1.07. The van der Waals surface area contributed by atoms with Crippen LogP contribution in [0.5, 0.6) is 0 Å². The van der Waals surface area contributed by atoms with Crippen LogP contribution < -0.4 is 5.73 Å². The van der Waals surface area contributed by atoms with Crippen LogP contribution in [0.4, 0.5) is 13.2 Å². The average molecular weight is 219 g/mol. The molecule has 1 aromatic carbocycles. The first-order valence-electron chi connectivity index (χ1n) is 4.43. The second-order valence-electron chi connectivity index (χ2n) is 3.39. The Morgan fingerprint density at radius 2 is 1.93 bits per heavy atom. The molecule has 0 spiro atoms. The maximum absolute atomic E-state index is 12.3. The molecule has 0 fully saturated rings. The van der Waals surface area contributed by atoms with Gasteiger partial charge in [-0.2, -0.15) is 13.2 Å². The van der Waals surface area contributed by atoms with Gasteiger partial charge in [-0.05, 0) is 24.6 Å². The highest BCUT2D eigenvalue weighted by atomic mass is 19.4. The van der Waals surface area contributed by atoms with Crippen LogP contribution in [0.3, 0.4) is 0 Å². The predicted molar refractivity (Wildman–Crippen MR) is 50.1 cm³/mol. The first-order valence-corrected chi connectivity index (χ1v) is 4.43. The summed E-state index contributed by atoms with van der Waals surface area (Å²) in [6, 6.07) is 3.87. The van der Waals surface area contributed by atoms with Gasteiger partial charge in [0.05, 0.1) is 17.7 Å². The summed E-state index contributed by atoms with van der Waals surface area (Å²) in [4.78, 5) is 0. The van der Waals surface area contributed by atoms with Crippen molar-refractivity contribution in [1.82, 2.24) is 0 Å². The number of hydrogen-bond acceptors (Lipinski definition) is 2. The molecule has 84 valence electrons. The van der Waals surface area contributed by atoms with E-state index in [0.29, 0.717) is 0 Å². The zero-order valence-electron chi connectivity index (χ0n) is 8.12. The Kier molecular flexibility index (Phi) is 3.36. The fourth-order valence-corrected chi connectivity index (χ4v) is 1.20. The van der Waals surface area contributed by atoms with E-state index >= 15 is 0 Å². The molecule has 0 aliphatic carbocycles. The molecular weight excluding hydrogens is 207 g/mol. The van der Waals surface area contributed by atoms with Gasteiger partial charge in [-0.25, -0.2) is 0 Å². The zero-order chi connectivity index (χ0) is 11.6. The van der Waals surface area contributed by atoms with Gasteiger partial charge in [0.2, 0.25) is 0 Å². The highest BCUT2D eigenvalue weighted by molar-refractivity contribution is 5.28.